The van der Waals surface area contributed by atoms with Crippen LogP contribution in [0.4, 0.5) is 4.79 Å². The highest BCUT2D eigenvalue weighted by atomic mass is 16.2. The van der Waals surface area contributed by atoms with Gasteiger partial charge in [-0.05, 0) is 36.8 Å². The van der Waals surface area contributed by atoms with Gasteiger partial charge in [-0.2, -0.15) is 0 Å². The summed E-state index contributed by atoms with van der Waals surface area (Å²) in [6.07, 6.45) is 4.31. The predicted molar refractivity (Wildman–Crippen MR) is 110 cm³/mol. The standard InChI is InChI=1S/C22H34N4O2/c1-5-18(4)15-24-12-9-22(10-13-24)20(27)25(16-19-8-6-7-11-23-19)21(28)26(22)14-17(2)3/h6-8,11,17-18H,5,9-10,12-16H2,1-4H3. The summed E-state index contributed by atoms with van der Waals surface area (Å²) in [7, 11) is 0. The van der Waals surface area contributed by atoms with Gasteiger partial charge < -0.3 is 9.80 Å². The fraction of sp³-hybridized carbons (Fsp3) is 0.682. The molecule has 3 amide bonds. The second-order valence-electron chi connectivity index (χ2n) is 8.85. The number of rotatable bonds is 7. The van der Waals surface area contributed by atoms with Crippen LogP contribution in [0.15, 0.2) is 24.4 Å². The number of carbonyl (C=O) groups excluding carboxylic acids is 2. The molecule has 3 rings (SSSR count). The van der Waals surface area contributed by atoms with Gasteiger partial charge in [0.25, 0.3) is 5.91 Å². The van der Waals surface area contributed by atoms with Crippen LogP contribution < -0.4 is 0 Å². The Morgan fingerprint density at radius 3 is 2.39 bits per heavy atom. The van der Waals surface area contributed by atoms with Crippen molar-refractivity contribution in [3.63, 3.8) is 0 Å². The van der Waals surface area contributed by atoms with Crippen LogP contribution in [-0.4, -0.2) is 63.3 Å². The molecule has 28 heavy (non-hydrogen) atoms. The number of likely N-dealkylation sites (tertiary alicyclic amines) is 1. The van der Waals surface area contributed by atoms with Crippen LogP contribution in [-0.2, 0) is 11.3 Å². The van der Waals surface area contributed by atoms with E-state index in [-0.39, 0.29) is 18.5 Å². The number of imide groups is 1. The fourth-order valence-corrected chi connectivity index (χ4v) is 4.35. The molecule has 2 aliphatic heterocycles. The number of hydrogen-bond acceptors (Lipinski definition) is 4. The summed E-state index contributed by atoms with van der Waals surface area (Å²) in [4.78, 5) is 36.8. The molecule has 1 aromatic rings. The van der Waals surface area contributed by atoms with E-state index in [1.54, 1.807) is 6.20 Å². The van der Waals surface area contributed by atoms with Crippen molar-refractivity contribution >= 4 is 11.9 Å². The van der Waals surface area contributed by atoms with Gasteiger partial charge in [0.2, 0.25) is 0 Å². The van der Waals surface area contributed by atoms with Crippen molar-refractivity contribution in [1.82, 2.24) is 19.7 Å². The SMILES string of the molecule is CCC(C)CN1CCC2(CC1)C(=O)N(Cc1ccccn1)C(=O)N2CC(C)C. The third-order valence-electron chi connectivity index (χ3n) is 6.17. The highest BCUT2D eigenvalue weighted by Gasteiger charge is 2.57. The van der Waals surface area contributed by atoms with E-state index < -0.39 is 5.54 Å². The molecule has 1 spiro atoms. The van der Waals surface area contributed by atoms with Crippen LogP contribution in [0.25, 0.3) is 0 Å². The van der Waals surface area contributed by atoms with Crippen LogP contribution in [0.2, 0.25) is 0 Å². The van der Waals surface area contributed by atoms with E-state index in [4.69, 9.17) is 0 Å². The van der Waals surface area contributed by atoms with Crippen molar-refractivity contribution in [1.29, 1.82) is 0 Å². The summed E-state index contributed by atoms with van der Waals surface area (Å²) in [5.74, 6) is 0.941. The summed E-state index contributed by atoms with van der Waals surface area (Å²) in [5, 5.41) is 0. The van der Waals surface area contributed by atoms with Crippen molar-refractivity contribution in [2.24, 2.45) is 11.8 Å². The van der Waals surface area contributed by atoms with Crippen LogP contribution in [0.1, 0.15) is 52.7 Å². The third-order valence-corrected chi connectivity index (χ3v) is 6.17. The van der Waals surface area contributed by atoms with Crippen molar-refractivity contribution in [2.75, 3.05) is 26.2 Å². The summed E-state index contributed by atoms with van der Waals surface area (Å²) in [6.45, 7) is 12.4. The predicted octanol–water partition coefficient (Wildman–Crippen LogP) is 3.38. The molecular formula is C22H34N4O2. The maximum Gasteiger partial charge on any atom is 0.328 e. The molecule has 2 aliphatic rings. The lowest BCUT2D eigenvalue weighted by molar-refractivity contribution is -0.136. The molecule has 0 bridgehead atoms. The number of hydrogen-bond donors (Lipinski definition) is 0. The minimum absolute atomic E-state index is 0.0352. The molecule has 2 saturated heterocycles. The third kappa shape index (κ3) is 4.07. The van der Waals surface area contributed by atoms with Gasteiger partial charge in [0.1, 0.15) is 5.54 Å². The van der Waals surface area contributed by atoms with Gasteiger partial charge in [-0.25, -0.2) is 4.79 Å². The lowest BCUT2D eigenvalue weighted by Crippen LogP contribution is -2.57. The van der Waals surface area contributed by atoms with E-state index >= 15 is 0 Å². The maximum absolute atomic E-state index is 13.5. The van der Waals surface area contributed by atoms with Gasteiger partial charge in [0, 0.05) is 32.4 Å². The minimum Gasteiger partial charge on any atom is -0.309 e. The zero-order chi connectivity index (χ0) is 20.3. The molecule has 0 radical (unpaired) electrons. The van der Waals surface area contributed by atoms with Crippen LogP contribution >= 0.6 is 0 Å². The zero-order valence-electron chi connectivity index (χ0n) is 17.7. The Bertz CT molecular complexity index is 683. The average molecular weight is 387 g/mol. The number of nitrogens with zero attached hydrogens (tertiary/aromatic N) is 4. The highest BCUT2D eigenvalue weighted by Crippen LogP contribution is 2.38. The number of aromatic nitrogens is 1. The molecule has 0 saturated carbocycles. The van der Waals surface area contributed by atoms with Crippen molar-refractivity contribution in [3.05, 3.63) is 30.1 Å². The number of urea groups is 1. The molecule has 6 nitrogen and oxygen atoms in total. The molecule has 0 aromatic carbocycles. The van der Waals surface area contributed by atoms with Gasteiger partial charge in [-0.15, -0.1) is 0 Å². The molecule has 1 aromatic heterocycles. The second kappa shape index (κ2) is 8.60. The minimum atomic E-state index is -0.678. The van der Waals surface area contributed by atoms with E-state index in [0.29, 0.717) is 18.4 Å². The van der Waals surface area contributed by atoms with E-state index in [1.807, 2.05) is 23.1 Å². The molecule has 0 N–H and O–H groups in total. The molecule has 0 aliphatic carbocycles. The van der Waals surface area contributed by atoms with E-state index in [1.165, 1.54) is 4.90 Å². The lowest BCUT2D eigenvalue weighted by Gasteiger charge is -2.43. The Morgan fingerprint density at radius 2 is 1.82 bits per heavy atom. The smallest absolute Gasteiger partial charge is 0.309 e. The van der Waals surface area contributed by atoms with Gasteiger partial charge in [-0.3, -0.25) is 14.7 Å². The number of pyridine rings is 1. The Morgan fingerprint density at radius 1 is 1.11 bits per heavy atom. The Hall–Kier alpha value is -1.95. The molecular weight excluding hydrogens is 352 g/mol. The van der Waals surface area contributed by atoms with Gasteiger partial charge in [-0.1, -0.05) is 40.2 Å². The zero-order valence-corrected chi connectivity index (χ0v) is 17.7. The Labute approximate surface area is 168 Å². The number of carbonyl (C=O) groups is 2. The maximum atomic E-state index is 13.5. The molecule has 3 heterocycles. The number of amides is 3. The van der Waals surface area contributed by atoms with Gasteiger partial charge >= 0.3 is 6.03 Å². The fourth-order valence-electron chi connectivity index (χ4n) is 4.35. The summed E-state index contributed by atoms with van der Waals surface area (Å²) in [6, 6.07) is 5.45. The Balaban J connectivity index is 1.80. The van der Waals surface area contributed by atoms with Crippen LogP contribution in [0.3, 0.4) is 0 Å². The van der Waals surface area contributed by atoms with Crippen molar-refractivity contribution in [3.8, 4) is 0 Å². The molecule has 2 fully saturated rings. The normalized spacial score (nSPS) is 21.2. The quantitative estimate of drug-likeness (QED) is 0.674. The first-order chi connectivity index (χ1) is 13.4. The summed E-state index contributed by atoms with van der Waals surface area (Å²) >= 11 is 0. The highest BCUT2D eigenvalue weighted by molar-refractivity contribution is 6.07. The average Bonchev–Trinajstić information content (AvgIpc) is 2.86. The first kappa shape index (κ1) is 20.8. The topological polar surface area (TPSA) is 56.8 Å². The van der Waals surface area contributed by atoms with E-state index in [9.17, 15) is 9.59 Å². The van der Waals surface area contributed by atoms with E-state index in [2.05, 4.69) is 37.6 Å². The van der Waals surface area contributed by atoms with Gasteiger partial charge in [0.05, 0.1) is 12.2 Å². The van der Waals surface area contributed by atoms with Crippen LogP contribution in [0, 0.1) is 11.8 Å². The second-order valence-corrected chi connectivity index (χ2v) is 8.85. The van der Waals surface area contributed by atoms with E-state index in [0.717, 1.165) is 44.6 Å². The Kier molecular flexibility index (Phi) is 6.38. The molecule has 6 heteroatoms. The molecule has 1 atom stereocenters. The monoisotopic (exact) mass is 386 g/mol. The largest absolute Gasteiger partial charge is 0.328 e. The molecule has 1 unspecified atom stereocenters. The van der Waals surface area contributed by atoms with Crippen LogP contribution in [0.5, 0.6) is 0 Å². The first-order valence-corrected chi connectivity index (χ1v) is 10.6. The van der Waals surface area contributed by atoms with Crippen molar-refractivity contribution in [2.45, 2.75) is 59.0 Å². The lowest BCUT2D eigenvalue weighted by atomic mass is 9.85. The number of piperidine rings is 1. The summed E-state index contributed by atoms with van der Waals surface area (Å²) < 4.78 is 0. The van der Waals surface area contributed by atoms with Crippen molar-refractivity contribution < 1.29 is 9.59 Å². The first-order valence-electron chi connectivity index (χ1n) is 10.6. The molecule has 154 valence electrons. The van der Waals surface area contributed by atoms with Gasteiger partial charge in [0.15, 0.2) is 0 Å². The summed E-state index contributed by atoms with van der Waals surface area (Å²) in [5.41, 5.74) is 0.0715.